The summed E-state index contributed by atoms with van der Waals surface area (Å²) in [6.07, 6.45) is 0. The first-order chi connectivity index (χ1) is 9.06. The zero-order valence-electron chi connectivity index (χ0n) is 10.7. The number of halogens is 2. The highest BCUT2D eigenvalue weighted by Gasteiger charge is 2.12. The molecule has 0 heterocycles. The van der Waals surface area contributed by atoms with E-state index >= 15 is 0 Å². The Morgan fingerprint density at radius 3 is 2.42 bits per heavy atom. The minimum atomic E-state index is -0.267. The third kappa shape index (κ3) is 6.17. The van der Waals surface area contributed by atoms with E-state index in [0.717, 1.165) is 11.5 Å². The Morgan fingerprint density at radius 2 is 1.89 bits per heavy atom. The molecule has 0 aliphatic rings. The second-order valence-corrected chi connectivity index (χ2v) is 7.37. The molecular weight excluding hydrogens is 323 g/mol. The average molecular weight is 339 g/mol. The molecule has 2 N–H and O–H groups in total. The average Bonchev–Trinajstić information content (AvgIpc) is 2.33. The van der Waals surface area contributed by atoms with E-state index in [4.69, 9.17) is 23.2 Å². The summed E-state index contributed by atoms with van der Waals surface area (Å²) in [7, 11) is 0. The zero-order valence-corrected chi connectivity index (χ0v) is 13.8. The second kappa shape index (κ2) is 8.84. The number of anilines is 1. The van der Waals surface area contributed by atoms with Crippen LogP contribution in [0.4, 0.5) is 10.5 Å². The summed E-state index contributed by atoms with van der Waals surface area (Å²) >= 11 is 15.2. The molecule has 19 heavy (non-hydrogen) atoms. The first-order valence-corrected chi connectivity index (χ1v) is 8.68. The van der Waals surface area contributed by atoms with Gasteiger partial charge >= 0.3 is 6.03 Å². The van der Waals surface area contributed by atoms with E-state index in [-0.39, 0.29) is 10.7 Å². The van der Waals surface area contributed by atoms with Crippen molar-refractivity contribution in [2.24, 2.45) is 0 Å². The molecule has 1 aromatic carbocycles. The van der Waals surface area contributed by atoms with Crippen molar-refractivity contribution in [3.8, 4) is 0 Å². The molecule has 0 bridgehead atoms. The van der Waals surface area contributed by atoms with E-state index in [2.05, 4.69) is 24.5 Å². The maximum atomic E-state index is 11.9. The van der Waals surface area contributed by atoms with Gasteiger partial charge in [-0.3, -0.25) is 0 Å². The fourth-order valence-electron chi connectivity index (χ4n) is 1.29. The van der Waals surface area contributed by atoms with E-state index in [1.807, 2.05) is 0 Å². The van der Waals surface area contributed by atoms with Gasteiger partial charge in [0, 0.05) is 5.02 Å². The van der Waals surface area contributed by atoms with Crippen LogP contribution in [0, 0.1) is 0 Å². The molecule has 7 heteroatoms. The van der Waals surface area contributed by atoms with Crippen molar-refractivity contribution < 1.29 is 4.79 Å². The van der Waals surface area contributed by atoms with Gasteiger partial charge in [-0.05, 0) is 29.7 Å². The molecule has 0 aliphatic heterocycles. The van der Waals surface area contributed by atoms with Crippen LogP contribution in [0.2, 0.25) is 10.0 Å². The van der Waals surface area contributed by atoms with Crippen molar-refractivity contribution in [3.05, 3.63) is 28.2 Å². The number of thioether (sulfide) groups is 2. The van der Waals surface area contributed by atoms with Gasteiger partial charge in [0.25, 0.3) is 0 Å². The van der Waals surface area contributed by atoms with Crippen LogP contribution in [0.15, 0.2) is 18.2 Å². The first-order valence-electron chi connectivity index (χ1n) is 5.82. The molecule has 3 nitrogen and oxygen atoms in total. The molecule has 1 aromatic rings. The van der Waals surface area contributed by atoms with Gasteiger partial charge in [0.05, 0.1) is 10.7 Å². The Morgan fingerprint density at radius 1 is 1.26 bits per heavy atom. The summed E-state index contributed by atoms with van der Waals surface area (Å²) in [6, 6.07) is 4.69. The van der Waals surface area contributed by atoms with E-state index in [9.17, 15) is 4.79 Å². The van der Waals surface area contributed by atoms with E-state index in [0.29, 0.717) is 15.7 Å². The van der Waals surface area contributed by atoms with E-state index in [1.165, 1.54) is 0 Å². The lowest BCUT2D eigenvalue weighted by atomic mass is 10.3. The third-order valence-corrected chi connectivity index (χ3v) is 4.94. The summed E-state index contributed by atoms with van der Waals surface area (Å²) in [5.74, 6) is 1.89. The second-order valence-electron chi connectivity index (χ2n) is 3.47. The standard InChI is InChI=1S/C12H16Cl2N2OS2/c1-3-18-12(19-4-2)16-11(17)15-10-6-5-8(13)7-9(10)14/h5-7,12H,3-4H2,1-2H3,(H2,15,16,17). The van der Waals surface area contributed by atoms with Crippen LogP contribution in [-0.4, -0.2) is 22.2 Å². The quantitative estimate of drug-likeness (QED) is 0.724. The van der Waals surface area contributed by atoms with Gasteiger partial charge in [-0.15, -0.1) is 23.5 Å². The molecule has 0 spiro atoms. The summed E-state index contributed by atoms with van der Waals surface area (Å²) in [5.41, 5.74) is 0.547. The van der Waals surface area contributed by atoms with Crippen molar-refractivity contribution in [1.82, 2.24) is 5.32 Å². The number of benzene rings is 1. The van der Waals surface area contributed by atoms with Gasteiger partial charge in [-0.1, -0.05) is 37.0 Å². The Balaban J connectivity index is 2.58. The van der Waals surface area contributed by atoms with Crippen LogP contribution in [0.5, 0.6) is 0 Å². The molecule has 0 aliphatic carbocycles. The zero-order chi connectivity index (χ0) is 14.3. The molecule has 1 rings (SSSR count). The number of urea groups is 1. The Kier molecular flexibility index (Phi) is 7.83. The molecule has 106 valence electrons. The smallest absolute Gasteiger partial charge is 0.317 e. The summed E-state index contributed by atoms with van der Waals surface area (Å²) < 4.78 is 0.0427. The summed E-state index contributed by atoms with van der Waals surface area (Å²) in [4.78, 5) is 11.9. The van der Waals surface area contributed by atoms with Crippen LogP contribution in [-0.2, 0) is 0 Å². The van der Waals surface area contributed by atoms with Crippen LogP contribution in [0.25, 0.3) is 0 Å². The number of amides is 2. The van der Waals surface area contributed by atoms with Gasteiger partial charge in [-0.25, -0.2) is 4.79 Å². The number of hydrogen-bond acceptors (Lipinski definition) is 3. The predicted molar refractivity (Wildman–Crippen MR) is 88.7 cm³/mol. The normalized spacial score (nSPS) is 10.6. The minimum absolute atomic E-state index is 0.0427. The van der Waals surface area contributed by atoms with Gasteiger partial charge in [0.1, 0.15) is 4.71 Å². The van der Waals surface area contributed by atoms with Gasteiger partial charge in [-0.2, -0.15) is 0 Å². The highest BCUT2D eigenvalue weighted by atomic mass is 35.5. The van der Waals surface area contributed by atoms with Crippen molar-refractivity contribution >= 4 is 58.4 Å². The van der Waals surface area contributed by atoms with Crippen LogP contribution in [0.3, 0.4) is 0 Å². The van der Waals surface area contributed by atoms with Crippen molar-refractivity contribution in [2.75, 3.05) is 16.8 Å². The molecule has 0 saturated heterocycles. The highest BCUT2D eigenvalue weighted by molar-refractivity contribution is 8.16. The maximum Gasteiger partial charge on any atom is 0.320 e. The lowest BCUT2D eigenvalue weighted by Gasteiger charge is -2.17. The number of nitrogens with one attached hydrogen (secondary N) is 2. The van der Waals surface area contributed by atoms with Gasteiger partial charge < -0.3 is 10.6 Å². The molecule has 0 saturated carbocycles. The predicted octanol–water partition coefficient (Wildman–Crippen LogP) is 4.90. The van der Waals surface area contributed by atoms with E-state index < -0.39 is 0 Å². The lowest BCUT2D eigenvalue weighted by molar-refractivity contribution is 0.253. The van der Waals surface area contributed by atoms with Crippen molar-refractivity contribution in [3.63, 3.8) is 0 Å². The Bertz CT molecular complexity index is 426. The largest absolute Gasteiger partial charge is 0.320 e. The summed E-state index contributed by atoms with van der Waals surface area (Å²) in [6.45, 7) is 4.12. The van der Waals surface area contributed by atoms with Crippen molar-refractivity contribution in [1.29, 1.82) is 0 Å². The SMILES string of the molecule is CCSC(NC(=O)Nc1ccc(Cl)cc1Cl)SCC. The maximum absolute atomic E-state index is 11.9. The first kappa shape index (κ1) is 16.8. The number of carbonyl (C=O) groups excluding carboxylic acids is 1. The van der Waals surface area contributed by atoms with Crippen LogP contribution >= 0.6 is 46.7 Å². The summed E-state index contributed by atoms with van der Waals surface area (Å²) in [5, 5.41) is 6.57. The van der Waals surface area contributed by atoms with Crippen molar-refractivity contribution in [2.45, 2.75) is 18.6 Å². The molecule has 0 aromatic heterocycles. The highest BCUT2D eigenvalue weighted by Crippen LogP contribution is 2.26. The topological polar surface area (TPSA) is 41.1 Å². The molecule has 0 unspecified atom stereocenters. The lowest BCUT2D eigenvalue weighted by Crippen LogP contribution is -2.34. The molecular formula is C12H16Cl2N2OS2. The molecule has 0 radical (unpaired) electrons. The van der Waals surface area contributed by atoms with Gasteiger partial charge in [0.15, 0.2) is 0 Å². The number of carbonyl (C=O) groups is 1. The number of rotatable bonds is 6. The molecule has 0 atom stereocenters. The monoisotopic (exact) mass is 338 g/mol. The minimum Gasteiger partial charge on any atom is -0.317 e. The van der Waals surface area contributed by atoms with E-state index in [1.54, 1.807) is 41.7 Å². The third-order valence-electron chi connectivity index (χ3n) is 2.06. The van der Waals surface area contributed by atoms with Crippen LogP contribution in [0.1, 0.15) is 13.8 Å². The number of hydrogen-bond donors (Lipinski definition) is 2. The fourth-order valence-corrected chi connectivity index (χ4v) is 3.93. The van der Waals surface area contributed by atoms with Gasteiger partial charge in [0.2, 0.25) is 0 Å². The van der Waals surface area contributed by atoms with Crippen LogP contribution < -0.4 is 10.6 Å². The molecule has 0 fully saturated rings. The Labute approximate surface area is 132 Å². The molecule has 2 amide bonds. The fraction of sp³-hybridized carbons (Fsp3) is 0.417. The Hall–Kier alpha value is -0.230.